The largest absolute Gasteiger partial charge is 0.502 e. The van der Waals surface area contributed by atoms with E-state index in [1.54, 1.807) is 30.3 Å². The van der Waals surface area contributed by atoms with Crippen molar-refractivity contribution in [2.75, 3.05) is 26.2 Å². The number of nitrogens with zero attached hydrogens (tertiary/aromatic N) is 1. The van der Waals surface area contributed by atoms with Gasteiger partial charge in [-0.2, -0.15) is 0 Å². The fourth-order valence-corrected chi connectivity index (χ4v) is 2.81. The Morgan fingerprint density at radius 2 is 1.46 bits per heavy atom. The lowest BCUT2D eigenvalue weighted by atomic mass is 10.0. The average molecular weight is 355 g/mol. The molecule has 0 saturated carbocycles. The first-order chi connectivity index (χ1) is 12.5. The van der Waals surface area contributed by atoms with Crippen molar-refractivity contribution in [3.05, 3.63) is 53.8 Å². The minimum atomic E-state index is -0.817. The van der Waals surface area contributed by atoms with Crippen molar-refractivity contribution in [3.8, 4) is 17.2 Å². The van der Waals surface area contributed by atoms with Crippen LogP contribution in [0.15, 0.2) is 48.2 Å². The molecule has 1 N–H and O–H groups in total. The summed E-state index contributed by atoms with van der Waals surface area (Å²) in [5.74, 6) is -0.903. The standard InChI is InChI=1S/C19H17NO6/c1-24-13-7-5-4-6-12(13)16-17(21)19(23)20(18(16)22)11-8-9-14(25-2)15(10-11)26-3/h4-10,21H,1-3H3. The van der Waals surface area contributed by atoms with Crippen LogP contribution in [0.1, 0.15) is 5.56 Å². The number of methoxy groups -OCH3 is 3. The highest BCUT2D eigenvalue weighted by Gasteiger charge is 2.41. The quantitative estimate of drug-likeness (QED) is 0.830. The predicted molar refractivity (Wildman–Crippen MR) is 94.6 cm³/mol. The van der Waals surface area contributed by atoms with E-state index in [2.05, 4.69) is 0 Å². The molecule has 0 unspecified atom stereocenters. The van der Waals surface area contributed by atoms with Gasteiger partial charge in [-0.1, -0.05) is 18.2 Å². The number of carbonyl (C=O) groups excluding carboxylic acids is 2. The van der Waals surface area contributed by atoms with Crippen LogP contribution in [0, 0.1) is 0 Å². The van der Waals surface area contributed by atoms with Gasteiger partial charge < -0.3 is 19.3 Å². The van der Waals surface area contributed by atoms with Crippen molar-refractivity contribution in [2.24, 2.45) is 0 Å². The van der Waals surface area contributed by atoms with E-state index < -0.39 is 17.6 Å². The average Bonchev–Trinajstić information content (AvgIpc) is 2.89. The molecule has 2 aromatic carbocycles. The SMILES string of the molecule is COc1ccc(N2C(=O)C(O)=C(c3ccccc3OC)C2=O)cc1OC. The number of ether oxygens (including phenoxy) is 3. The molecule has 0 saturated heterocycles. The van der Waals surface area contributed by atoms with Crippen LogP contribution in [0.4, 0.5) is 5.69 Å². The summed E-state index contributed by atoms with van der Waals surface area (Å²) in [4.78, 5) is 26.3. The molecule has 134 valence electrons. The Labute approximate surface area is 150 Å². The smallest absolute Gasteiger partial charge is 0.301 e. The Kier molecular flexibility index (Phi) is 4.53. The van der Waals surface area contributed by atoms with Gasteiger partial charge >= 0.3 is 5.91 Å². The van der Waals surface area contributed by atoms with E-state index in [1.807, 2.05) is 0 Å². The van der Waals surface area contributed by atoms with E-state index in [0.29, 0.717) is 22.8 Å². The summed E-state index contributed by atoms with van der Waals surface area (Å²) >= 11 is 0. The van der Waals surface area contributed by atoms with Crippen LogP contribution in [0.5, 0.6) is 17.2 Å². The molecule has 3 rings (SSSR count). The van der Waals surface area contributed by atoms with Crippen molar-refractivity contribution < 1.29 is 28.9 Å². The van der Waals surface area contributed by atoms with Gasteiger partial charge in [-0.25, -0.2) is 4.90 Å². The molecule has 2 aromatic rings. The Bertz CT molecular complexity index is 918. The van der Waals surface area contributed by atoms with Gasteiger partial charge in [-0.05, 0) is 18.2 Å². The van der Waals surface area contributed by atoms with Crippen LogP contribution in [0.2, 0.25) is 0 Å². The Balaban J connectivity index is 2.07. The first-order valence-electron chi connectivity index (χ1n) is 7.71. The Hall–Kier alpha value is -3.48. The molecule has 0 aliphatic carbocycles. The molecule has 0 atom stereocenters. The second-order valence-electron chi connectivity index (χ2n) is 5.41. The van der Waals surface area contributed by atoms with Crippen molar-refractivity contribution >= 4 is 23.1 Å². The van der Waals surface area contributed by atoms with Gasteiger partial charge in [0.2, 0.25) is 0 Å². The van der Waals surface area contributed by atoms with E-state index in [9.17, 15) is 14.7 Å². The third kappa shape index (κ3) is 2.63. The second-order valence-corrected chi connectivity index (χ2v) is 5.41. The Morgan fingerprint density at radius 1 is 0.808 bits per heavy atom. The number of aliphatic hydroxyl groups excluding tert-OH is 1. The molecule has 0 aromatic heterocycles. The molecular formula is C19H17NO6. The molecule has 1 heterocycles. The number of rotatable bonds is 5. The Morgan fingerprint density at radius 3 is 2.12 bits per heavy atom. The van der Waals surface area contributed by atoms with E-state index in [4.69, 9.17) is 14.2 Å². The number of anilines is 1. The molecule has 7 nitrogen and oxygen atoms in total. The van der Waals surface area contributed by atoms with Gasteiger partial charge in [0.05, 0.1) is 32.6 Å². The lowest BCUT2D eigenvalue weighted by molar-refractivity contribution is -0.121. The zero-order chi connectivity index (χ0) is 18.8. The molecule has 0 radical (unpaired) electrons. The summed E-state index contributed by atoms with van der Waals surface area (Å²) < 4.78 is 15.6. The fraction of sp³-hybridized carbons (Fsp3) is 0.158. The number of benzene rings is 2. The van der Waals surface area contributed by atoms with Crippen LogP contribution in [0.3, 0.4) is 0 Å². The third-order valence-electron chi connectivity index (χ3n) is 4.06. The summed E-state index contributed by atoms with van der Waals surface area (Å²) in [6.07, 6.45) is 0. The minimum Gasteiger partial charge on any atom is -0.502 e. The molecule has 26 heavy (non-hydrogen) atoms. The molecule has 0 spiro atoms. The predicted octanol–water partition coefficient (Wildman–Crippen LogP) is 2.55. The van der Waals surface area contributed by atoms with Crippen LogP contribution >= 0.6 is 0 Å². The first-order valence-corrected chi connectivity index (χ1v) is 7.71. The molecule has 7 heteroatoms. The number of hydrogen-bond acceptors (Lipinski definition) is 6. The topological polar surface area (TPSA) is 85.3 Å². The monoisotopic (exact) mass is 355 g/mol. The van der Waals surface area contributed by atoms with Gasteiger partial charge in [0.1, 0.15) is 5.75 Å². The van der Waals surface area contributed by atoms with Crippen molar-refractivity contribution in [1.29, 1.82) is 0 Å². The number of amides is 2. The highest BCUT2D eigenvalue weighted by molar-refractivity contribution is 6.45. The van der Waals surface area contributed by atoms with Gasteiger partial charge in [0, 0.05) is 11.6 Å². The number of imide groups is 1. The van der Waals surface area contributed by atoms with Crippen LogP contribution < -0.4 is 19.1 Å². The molecule has 0 bridgehead atoms. The first kappa shape index (κ1) is 17.3. The number of para-hydroxylation sites is 1. The molecule has 0 fully saturated rings. The molecule has 1 aliphatic heterocycles. The van der Waals surface area contributed by atoms with Gasteiger partial charge in [-0.3, -0.25) is 9.59 Å². The fourth-order valence-electron chi connectivity index (χ4n) is 2.81. The zero-order valence-electron chi connectivity index (χ0n) is 14.5. The summed E-state index contributed by atoms with van der Waals surface area (Å²) in [5.41, 5.74) is 0.491. The lowest BCUT2D eigenvalue weighted by Gasteiger charge is -2.17. The van der Waals surface area contributed by atoms with Gasteiger partial charge in [0.25, 0.3) is 5.91 Å². The van der Waals surface area contributed by atoms with E-state index in [1.165, 1.54) is 33.5 Å². The summed E-state index contributed by atoms with van der Waals surface area (Å²) in [7, 11) is 4.38. The maximum absolute atomic E-state index is 12.9. The summed E-state index contributed by atoms with van der Waals surface area (Å²) in [6, 6.07) is 11.3. The van der Waals surface area contributed by atoms with Crippen LogP contribution in [0.25, 0.3) is 5.57 Å². The maximum Gasteiger partial charge on any atom is 0.301 e. The van der Waals surface area contributed by atoms with Crippen LogP contribution in [-0.2, 0) is 9.59 Å². The van der Waals surface area contributed by atoms with Gasteiger partial charge in [0.15, 0.2) is 17.3 Å². The second kappa shape index (κ2) is 6.79. The van der Waals surface area contributed by atoms with Crippen LogP contribution in [-0.4, -0.2) is 38.3 Å². The molecule has 1 aliphatic rings. The van der Waals surface area contributed by atoms with Crippen molar-refractivity contribution in [2.45, 2.75) is 0 Å². The van der Waals surface area contributed by atoms with E-state index >= 15 is 0 Å². The van der Waals surface area contributed by atoms with Crippen molar-refractivity contribution in [1.82, 2.24) is 0 Å². The zero-order valence-corrected chi connectivity index (χ0v) is 14.5. The number of carbonyl (C=O) groups is 2. The number of aliphatic hydroxyl groups is 1. The maximum atomic E-state index is 12.9. The van der Waals surface area contributed by atoms with E-state index in [0.717, 1.165) is 4.90 Å². The minimum absolute atomic E-state index is 0.109. The molecular weight excluding hydrogens is 338 g/mol. The normalized spacial score (nSPS) is 14.0. The highest BCUT2D eigenvalue weighted by atomic mass is 16.5. The lowest BCUT2D eigenvalue weighted by Crippen LogP contribution is -2.31. The summed E-state index contributed by atoms with van der Waals surface area (Å²) in [5, 5.41) is 10.3. The van der Waals surface area contributed by atoms with E-state index in [-0.39, 0.29) is 11.3 Å². The summed E-state index contributed by atoms with van der Waals surface area (Å²) in [6.45, 7) is 0. The highest BCUT2D eigenvalue weighted by Crippen LogP contribution is 2.38. The number of hydrogen-bond donors (Lipinski definition) is 1. The third-order valence-corrected chi connectivity index (χ3v) is 4.06. The molecule has 2 amide bonds. The van der Waals surface area contributed by atoms with Crippen molar-refractivity contribution in [3.63, 3.8) is 0 Å². The van der Waals surface area contributed by atoms with Gasteiger partial charge in [-0.15, -0.1) is 0 Å².